The van der Waals surface area contributed by atoms with Crippen LogP contribution in [0.4, 0.5) is 0 Å². The molecule has 1 heterocycles. The molecule has 2 aromatic rings. The van der Waals surface area contributed by atoms with E-state index in [4.69, 9.17) is 21.6 Å². The maximum atomic E-state index is 5.63. The standard InChI is InChI=1S/C12H17N5O/c13-5-3-8-1-2-9-10(7-8)18-11(17-9)4-6-16-12(14)15/h1-2,7H,3-6,13H2,(H4,14,15,16). The second-order valence-electron chi connectivity index (χ2n) is 4.00. The Kier molecular flexibility index (Phi) is 3.78. The SMILES string of the molecule is NCCc1ccc2nc(CCN=C(N)N)oc2c1. The Hall–Kier alpha value is -2.08. The van der Waals surface area contributed by atoms with Crippen molar-refractivity contribution >= 4 is 17.1 Å². The first kappa shape index (κ1) is 12.4. The van der Waals surface area contributed by atoms with Gasteiger partial charge in [0.15, 0.2) is 17.4 Å². The summed E-state index contributed by atoms with van der Waals surface area (Å²) in [6, 6.07) is 5.92. The molecule has 1 aromatic heterocycles. The zero-order valence-corrected chi connectivity index (χ0v) is 10.1. The number of aromatic nitrogens is 1. The maximum absolute atomic E-state index is 5.63. The van der Waals surface area contributed by atoms with Crippen LogP contribution in [0.2, 0.25) is 0 Å². The van der Waals surface area contributed by atoms with Gasteiger partial charge >= 0.3 is 0 Å². The van der Waals surface area contributed by atoms with Crippen LogP contribution in [0.1, 0.15) is 11.5 Å². The molecule has 0 atom stereocenters. The molecule has 0 aliphatic heterocycles. The van der Waals surface area contributed by atoms with Crippen LogP contribution in [-0.4, -0.2) is 24.0 Å². The van der Waals surface area contributed by atoms with Crippen molar-refractivity contribution in [2.45, 2.75) is 12.8 Å². The number of aliphatic imine (C=N–C) groups is 1. The molecule has 96 valence electrons. The lowest BCUT2D eigenvalue weighted by Gasteiger charge is -1.96. The van der Waals surface area contributed by atoms with E-state index in [1.165, 1.54) is 0 Å². The van der Waals surface area contributed by atoms with Gasteiger partial charge in [0.2, 0.25) is 0 Å². The van der Waals surface area contributed by atoms with Crippen LogP contribution in [0, 0.1) is 0 Å². The molecule has 6 N–H and O–H groups in total. The Morgan fingerprint density at radius 1 is 1.28 bits per heavy atom. The zero-order chi connectivity index (χ0) is 13.0. The number of oxazole rings is 1. The van der Waals surface area contributed by atoms with Gasteiger partial charge in [0, 0.05) is 6.42 Å². The fourth-order valence-corrected chi connectivity index (χ4v) is 1.73. The summed E-state index contributed by atoms with van der Waals surface area (Å²) in [5.41, 5.74) is 18.8. The molecule has 18 heavy (non-hydrogen) atoms. The highest BCUT2D eigenvalue weighted by atomic mass is 16.3. The Labute approximate surface area is 105 Å². The smallest absolute Gasteiger partial charge is 0.197 e. The average molecular weight is 247 g/mol. The minimum Gasteiger partial charge on any atom is -0.441 e. The van der Waals surface area contributed by atoms with Gasteiger partial charge in [-0.3, -0.25) is 4.99 Å². The Bertz CT molecular complexity index is 557. The van der Waals surface area contributed by atoms with Gasteiger partial charge in [-0.05, 0) is 30.7 Å². The fraction of sp³-hybridized carbons (Fsp3) is 0.333. The molecule has 6 nitrogen and oxygen atoms in total. The minimum atomic E-state index is 0.0799. The minimum absolute atomic E-state index is 0.0799. The van der Waals surface area contributed by atoms with E-state index in [0.717, 1.165) is 23.1 Å². The molecule has 0 aliphatic rings. The van der Waals surface area contributed by atoms with Crippen molar-refractivity contribution in [2.24, 2.45) is 22.2 Å². The van der Waals surface area contributed by atoms with E-state index in [1.807, 2.05) is 18.2 Å². The number of benzene rings is 1. The Balaban J connectivity index is 2.14. The number of fused-ring (bicyclic) bond motifs is 1. The summed E-state index contributed by atoms with van der Waals surface area (Å²) in [4.78, 5) is 8.25. The van der Waals surface area contributed by atoms with Crippen LogP contribution in [0.25, 0.3) is 11.1 Å². The van der Waals surface area contributed by atoms with Crippen LogP contribution in [0.15, 0.2) is 27.6 Å². The van der Waals surface area contributed by atoms with Crippen molar-refractivity contribution < 1.29 is 4.42 Å². The normalized spacial score (nSPS) is 10.7. The van der Waals surface area contributed by atoms with E-state index < -0.39 is 0 Å². The zero-order valence-electron chi connectivity index (χ0n) is 10.1. The van der Waals surface area contributed by atoms with E-state index in [1.54, 1.807) is 0 Å². The van der Waals surface area contributed by atoms with Gasteiger partial charge in [0.05, 0.1) is 6.54 Å². The summed E-state index contributed by atoms with van der Waals surface area (Å²) >= 11 is 0. The second kappa shape index (κ2) is 5.50. The van der Waals surface area contributed by atoms with Crippen molar-refractivity contribution in [3.8, 4) is 0 Å². The average Bonchev–Trinajstić information content (AvgIpc) is 2.71. The van der Waals surface area contributed by atoms with E-state index in [2.05, 4.69) is 9.98 Å². The Morgan fingerprint density at radius 3 is 2.83 bits per heavy atom. The molecule has 2 rings (SSSR count). The predicted molar refractivity (Wildman–Crippen MR) is 71.1 cm³/mol. The van der Waals surface area contributed by atoms with Crippen molar-refractivity contribution in [2.75, 3.05) is 13.1 Å². The third-order valence-electron chi connectivity index (χ3n) is 2.55. The molecule has 0 radical (unpaired) electrons. The van der Waals surface area contributed by atoms with Gasteiger partial charge in [-0.1, -0.05) is 6.07 Å². The third kappa shape index (κ3) is 2.98. The van der Waals surface area contributed by atoms with Crippen molar-refractivity contribution in [3.05, 3.63) is 29.7 Å². The van der Waals surface area contributed by atoms with Crippen LogP contribution in [0.5, 0.6) is 0 Å². The van der Waals surface area contributed by atoms with E-state index in [9.17, 15) is 0 Å². The molecule has 0 spiro atoms. The lowest BCUT2D eigenvalue weighted by atomic mass is 10.1. The molecule has 6 heteroatoms. The molecular weight excluding hydrogens is 230 g/mol. The molecule has 0 bridgehead atoms. The quantitative estimate of drug-likeness (QED) is 0.513. The van der Waals surface area contributed by atoms with Crippen molar-refractivity contribution in [3.63, 3.8) is 0 Å². The topological polar surface area (TPSA) is 116 Å². The molecule has 0 amide bonds. The molecule has 1 aromatic carbocycles. The van der Waals surface area contributed by atoms with E-state index >= 15 is 0 Å². The molecular formula is C12H17N5O. The summed E-state index contributed by atoms with van der Waals surface area (Å²) in [7, 11) is 0. The third-order valence-corrected chi connectivity index (χ3v) is 2.55. The number of guanidine groups is 1. The predicted octanol–water partition coefficient (Wildman–Crippen LogP) is 0.145. The van der Waals surface area contributed by atoms with E-state index in [-0.39, 0.29) is 5.96 Å². The summed E-state index contributed by atoms with van der Waals surface area (Å²) in [5.74, 6) is 0.719. The number of hydrogen-bond acceptors (Lipinski definition) is 4. The summed E-state index contributed by atoms with van der Waals surface area (Å²) < 4.78 is 5.63. The Morgan fingerprint density at radius 2 is 2.11 bits per heavy atom. The van der Waals surface area contributed by atoms with Crippen molar-refractivity contribution in [1.29, 1.82) is 0 Å². The fourth-order valence-electron chi connectivity index (χ4n) is 1.73. The highest BCUT2D eigenvalue weighted by Gasteiger charge is 2.06. The maximum Gasteiger partial charge on any atom is 0.197 e. The van der Waals surface area contributed by atoms with Gasteiger partial charge in [-0.15, -0.1) is 0 Å². The van der Waals surface area contributed by atoms with Gasteiger partial charge in [0.25, 0.3) is 0 Å². The first-order chi connectivity index (χ1) is 8.69. The number of nitrogens with two attached hydrogens (primary N) is 3. The van der Waals surface area contributed by atoms with Crippen LogP contribution < -0.4 is 17.2 Å². The summed E-state index contributed by atoms with van der Waals surface area (Å²) in [6.07, 6.45) is 1.42. The summed E-state index contributed by atoms with van der Waals surface area (Å²) in [5, 5.41) is 0. The number of hydrogen-bond donors (Lipinski definition) is 3. The monoisotopic (exact) mass is 247 g/mol. The summed E-state index contributed by atoms with van der Waals surface area (Å²) in [6.45, 7) is 1.10. The molecule has 0 unspecified atom stereocenters. The highest BCUT2D eigenvalue weighted by molar-refractivity contribution is 5.75. The lowest BCUT2D eigenvalue weighted by molar-refractivity contribution is 0.531. The van der Waals surface area contributed by atoms with Gasteiger partial charge in [-0.2, -0.15) is 0 Å². The van der Waals surface area contributed by atoms with Crippen LogP contribution in [0.3, 0.4) is 0 Å². The van der Waals surface area contributed by atoms with Crippen LogP contribution >= 0.6 is 0 Å². The van der Waals surface area contributed by atoms with Crippen molar-refractivity contribution in [1.82, 2.24) is 4.98 Å². The largest absolute Gasteiger partial charge is 0.441 e. The first-order valence-electron chi connectivity index (χ1n) is 5.83. The second-order valence-corrected chi connectivity index (χ2v) is 4.00. The molecule has 0 fully saturated rings. The van der Waals surface area contributed by atoms with E-state index in [0.29, 0.717) is 25.4 Å². The first-order valence-corrected chi connectivity index (χ1v) is 5.83. The number of rotatable bonds is 5. The van der Waals surface area contributed by atoms with Gasteiger partial charge in [0.1, 0.15) is 5.52 Å². The highest BCUT2D eigenvalue weighted by Crippen LogP contribution is 2.17. The molecule has 0 saturated carbocycles. The van der Waals surface area contributed by atoms with Gasteiger partial charge < -0.3 is 21.6 Å². The van der Waals surface area contributed by atoms with Crippen LogP contribution in [-0.2, 0) is 12.8 Å². The number of nitrogens with zero attached hydrogens (tertiary/aromatic N) is 2. The lowest BCUT2D eigenvalue weighted by Crippen LogP contribution is -2.23. The molecule has 0 saturated heterocycles. The van der Waals surface area contributed by atoms with Gasteiger partial charge in [-0.25, -0.2) is 4.98 Å². The molecule has 0 aliphatic carbocycles.